The monoisotopic (exact) mass is 283 g/mol. The van der Waals surface area contributed by atoms with Crippen LogP contribution in [0.5, 0.6) is 0 Å². The van der Waals surface area contributed by atoms with E-state index in [-0.39, 0.29) is 6.29 Å². The van der Waals surface area contributed by atoms with Crippen molar-refractivity contribution in [3.63, 3.8) is 0 Å². The van der Waals surface area contributed by atoms with Crippen LogP contribution in [0.3, 0.4) is 0 Å². The van der Waals surface area contributed by atoms with Crippen molar-refractivity contribution in [2.45, 2.75) is 12.8 Å². The lowest BCUT2D eigenvalue weighted by Gasteiger charge is -2.14. The van der Waals surface area contributed by atoms with E-state index in [1.807, 2.05) is 12.3 Å². The van der Waals surface area contributed by atoms with E-state index in [0.29, 0.717) is 6.54 Å². The molecule has 0 spiro atoms. The topological polar surface area (TPSA) is 23.4 Å². The zero-order valence-electron chi connectivity index (χ0n) is 9.31. The molecule has 86 valence electrons. The molecule has 0 atom stereocenters. The summed E-state index contributed by atoms with van der Waals surface area (Å²) in [5.41, 5.74) is 1.18. The number of halogens is 1. The Labute approximate surface area is 103 Å². The highest BCUT2D eigenvalue weighted by Gasteiger charge is 2.08. The van der Waals surface area contributed by atoms with E-state index in [0.717, 1.165) is 4.47 Å². The zero-order chi connectivity index (χ0) is 11.5. The van der Waals surface area contributed by atoms with Crippen molar-refractivity contribution in [2.24, 2.45) is 0 Å². The lowest BCUT2D eigenvalue weighted by molar-refractivity contribution is -0.110. The summed E-state index contributed by atoms with van der Waals surface area (Å²) in [4.78, 5) is 0. The van der Waals surface area contributed by atoms with E-state index in [9.17, 15) is 0 Å². The van der Waals surface area contributed by atoms with Gasteiger partial charge in [-0.2, -0.15) is 0 Å². The van der Waals surface area contributed by atoms with Crippen LogP contribution in [0.25, 0.3) is 10.9 Å². The molecule has 3 nitrogen and oxygen atoms in total. The van der Waals surface area contributed by atoms with Crippen molar-refractivity contribution in [1.29, 1.82) is 0 Å². The Balaban J connectivity index is 2.31. The van der Waals surface area contributed by atoms with Gasteiger partial charge in [-0.1, -0.05) is 15.9 Å². The molecule has 2 aromatic rings. The lowest BCUT2D eigenvalue weighted by Crippen LogP contribution is -2.19. The Morgan fingerprint density at radius 3 is 2.69 bits per heavy atom. The average molecular weight is 284 g/mol. The van der Waals surface area contributed by atoms with E-state index < -0.39 is 0 Å². The third-order valence-electron chi connectivity index (χ3n) is 2.60. The Morgan fingerprint density at radius 2 is 2.00 bits per heavy atom. The molecule has 0 unspecified atom stereocenters. The summed E-state index contributed by atoms with van der Waals surface area (Å²) in [7, 11) is 3.30. The Kier molecular flexibility index (Phi) is 3.63. The van der Waals surface area contributed by atoms with Gasteiger partial charge in [0, 0.05) is 35.8 Å². The largest absolute Gasteiger partial charge is 0.354 e. The van der Waals surface area contributed by atoms with Gasteiger partial charge in [-0.15, -0.1) is 0 Å². The van der Waals surface area contributed by atoms with E-state index >= 15 is 0 Å². The Morgan fingerprint density at radius 1 is 1.25 bits per heavy atom. The number of hydrogen-bond acceptors (Lipinski definition) is 2. The second-order valence-corrected chi connectivity index (χ2v) is 4.49. The van der Waals surface area contributed by atoms with Gasteiger partial charge in [0.15, 0.2) is 6.29 Å². The number of fused-ring (bicyclic) bond motifs is 1. The second kappa shape index (κ2) is 4.99. The molecule has 2 rings (SSSR count). The predicted molar refractivity (Wildman–Crippen MR) is 67.4 cm³/mol. The first-order valence-electron chi connectivity index (χ1n) is 5.04. The average Bonchev–Trinajstić information content (AvgIpc) is 2.68. The third-order valence-corrected chi connectivity index (χ3v) is 3.10. The fraction of sp³-hybridized carbons (Fsp3) is 0.333. The van der Waals surface area contributed by atoms with Crippen LogP contribution in [0.1, 0.15) is 0 Å². The van der Waals surface area contributed by atoms with Crippen LogP contribution >= 0.6 is 15.9 Å². The minimum atomic E-state index is -0.209. The maximum absolute atomic E-state index is 5.19. The zero-order valence-corrected chi connectivity index (χ0v) is 10.9. The summed E-state index contributed by atoms with van der Waals surface area (Å²) >= 11 is 3.46. The molecule has 0 fully saturated rings. The molecule has 0 N–H and O–H groups in total. The lowest BCUT2D eigenvalue weighted by atomic mass is 10.2. The molecule has 16 heavy (non-hydrogen) atoms. The number of methoxy groups -OCH3 is 2. The van der Waals surface area contributed by atoms with Crippen LogP contribution < -0.4 is 0 Å². The standard InChI is InChI=1S/C12H14BrNO2/c1-15-12(16-2)8-14-6-5-9-7-10(13)3-4-11(9)14/h3-7,12H,8H2,1-2H3. The van der Waals surface area contributed by atoms with Crippen LogP contribution in [0, 0.1) is 0 Å². The molecule has 0 bridgehead atoms. The molecule has 0 aliphatic rings. The molecule has 0 radical (unpaired) electrons. The van der Waals surface area contributed by atoms with Crippen molar-refractivity contribution in [3.8, 4) is 0 Å². The van der Waals surface area contributed by atoms with Gasteiger partial charge in [0.05, 0.1) is 6.54 Å². The number of aromatic nitrogens is 1. The first-order valence-corrected chi connectivity index (χ1v) is 5.84. The highest BCUT2D eigenvalue weighted by molar-refractivity contribution is 9.10. The molecule has 1 aromatic carbocycles. The van der Waals surface area contributed by atoms with Gasteiger partial charge in [-0.25, -0.2) is 0 Å². The van der Waals surface area contributed by atoms with Gasteiger partial charge in [-0.05, 0) is 24.3 Å². The molecule has 0 saturated carbocycles. The van der Waals surface area contributed by atoms with Crippen LogP contribution in [-0.2, 0) is 16.0 Å². The highest BCUT2D eigenvalue weighted by atomic mass is 79.9. The van der Waals surface area contributed by atoms with Crippen LogP contribution in [0.4, 0.5) is 0 Å². The molecule has 0 amide bonds. The van der Waals surface area contributed by atoms with E-state index in [1.165, 1.54) is 10.9 Å². The minimum Gasteiger partial charge on any atom is -0.354 e. The number of benzene rings is 1. The molecular formula is C12H14BrNO2. The van der Waals surface area contributed by atoms with Crippen molar-refractivity contribution >= 4 is 26.8 Å². The van der Waals surface area contributed by atoms with Gasteiger partial charge in [-0.3, -0.25) is 0 Å². The van der Waals surface area contributed by atoms with Crippen LogP contribution in [0.15, 0.2) is 34.9 Å². The summed E-state index contributed by atoms with van der Waals surface area (Å²) in [5, 5.41) is 1.21. The second-order valence-electron chi connectivity index (χ2n) is 3.57. The summed E-state index contributed by atoms with van der Waals surface area (Å²) < 4.78 is 13.6. The van der Waals surface area contributed by atoms with Gasteiger partial charge in [0.1, 0.15) is 0 Å². The molecule has 0 aliphatic carbocycles. The van der Waals surface area contributed by atoms with Crippen molar-refractivity contribution < 1.29 is 9.47 Å². The summed E-state index contributed by atoms with van der Waals surface area (Å²) in [5.74, 6) is 0. The van der Waals surface area contributed by atoms with E-state index in [2.05, 4.69) is 38.7 Å². The van der Waals surface area contributed by atoms with Gasteiger partial charge < -0.3 is 14.0 Å². The predicted octanol–water partition coefficient (Wildman–Crippen LogP) is 3.02. The number of ether oxygens (including phenoxy) is 2. The minimum absolute atomic E-state index is 0.209. The summed E-state index contributed by atoms with van der Waals surface area (Å²) in [6, 6.07) is 8.30. The van der Waals surface area contributed by atoms with Gasteiger partial charge >= 0.3 is 0 Å². The van der Waals surface area contributed by atoms with E-state index in [4.69, 9.17) is 9.47 Å². The smallest absolute Gasteiger partial charge is 0.174 e. The Bertz CT molecular complexity index is 477. The van der Waals surface area contributed by atoms with E-state index in [1.54, 1.807) is 14.2 Å². The molecule has 0 saturated heterocycles. The number of rotatable bonds is 4. The van der Waals surface area contributed by atoms with Gasteiger partial charge in [0.25, 0.3) is 0 Å². The van der Waals surface area contributed by atoms with Gasteiger partial charge in [0.2, 0.25) is 0 Å². The first-order chi connectivity index (χ1) is 7.74. The molecular weight excluding hydrogens is 270 g/mol. The van der Waals surface area contributed by atoms with Crippen LogP contribution in [-0.4, -0.2) is 25.1 Å². The maximum Gasteiger partial charge on any atom is 0.174 e. The molecule has 1 heterocycles. The SMILES string of the molecule is COC(Cn1ccc2cc(Br)ccc21)OC. The normalized spacial score (nSPS) is 11.5. The fourth-order valence-corrected chi connectivity index (χ4v) is 2.11. The van der Waals surface area contributed by atoms with Crippen molar-refractivity contribution in [3.05, 3.63) is 34.9 Å². The third kappa shape index (κ3) is 2.29. The summed E-state index contributed by atoms with van der Waals surface area (Å²) in [6.45, 7) is 0.693. The summed E-state index contributed by atoms with van der Waals surface area (Å²) in [6.07, 6.45) is 1.83. The Hall–Kier alpha value is -0.840. The molecule has 0 aliphatic heterocycles. The fourth-order valence-electron chi connectivity index (χ4n) is 1.74. The highest BCUT2D eigenvalue weighted by Crippen LogP contribution is 2.21. The number of hydrogen-bond donors (Lipinski definition) is 0. The van der Waals surface area contributed by atoms with Crippen LogP contribution in [0.2, 0.25) is 0 Å². The molecule has 1 aromatic heterocycles. The van der Waals surface area contributed by atoms with Crippen molar-refractivity contribution in [1.82, 2.24) is 4.57 Å². The maximum atomic E-state index is 5.19. The first kappa shape index (κ1) is 11.6. The molecule has 4 heteroatoms. The quantitative estimate of drug-likeness (QED) is 0.806. The van der Waals surface area contributed by atoms with Crippen molar-refractivity contribution in [2.75, 3.05) is 14.2 Å². The number of nitrogens with zero attached hydrogens (tertiary/aromatic N) is 1.